The molecule has 0 saturated heterocycles. The van der Waals surface area contributed by atoms with E-state index in [0.29, 0.717) is 5.69 Å². The summed E-state index contributed by atoms with van der Waals surface area (Å²) in [5, 5.41) is 4.02. The van der Waals surface area contributed by atoms with Crippen LogP contribution >= 0.6 is 15.9 Å². The fourth-order valence-electron chi connectivity index (χ4n) is 3.34. The van der Waals surface area contributed by atoms with Gasteiger partial charge in [-0.05, 0) is 76.8 Å². The highest BCUT2D eigenvalue weighted by Crippen LogP contribution is 2.28. The van der Waals surface area contributed by atoms with Gasteiger partial charge in [0.1, 0.15) is 6.54 Å². The lowest BCUT2D eigenvalue weighted by Gasteiger charge is -2.26. The largest absolute Gasteiger partial charge is 0.377 e. The number of sulfonamides is 1. The summed E-state index contributed by atoms with van der Waals surface area (Å²) in [5.41, 5.74) is 6.39. The van der Waals surface area contributed by atoms with E-state index in [0.717, 1.165) is 31.2 Å². The Balaban J connectivity index is 1.84. The first kappa shape index (κ1) is 25.5. The number of nitrogens with zero attached hydrogens (tertiary/aromatic N) is 3. The van der Waals surface area contributed by atoms with Crippen LogP contribution in [0.25, 0.3) is 0 Å². The summed E-state index contributed by atoms with van der Waals surface area (Å²) >= 11 is 3.52. The number of hydrogen-bond acceptors (Lipinski definition) is 5. The van der Waals surface area contributed by atoms with Gasteiger partial charge in [-0.2, -0.15) is 5.10 Å². The molecule has 0 aliphatic carbocycles. The molecule has 0 aromatic heterocycles. The van der Waals surface area contributed by atoms with Crippen LogP contribution in [0.15, 0.2) is 81.2 Å². The molecule has 0 atom stereocenters. The number of benzene rings is 3. The van der Waals surface area contributed by atoms with Crippen molar-refractivity contribution in [2.45, 2.75) is 18.7 Å². The van der Waals surface area contributed by atoms with Crippen LogP contribution in [0, 0.1) is 13.8 Å². The summed E-state index contributed by atoms with van der Waals surface area (Å²) < 4.78 is 28.9. The summed E-state index contributed by atoms with van der Waals surface area (Å²) in [7, 11) is -0.0870. The quantitative estimate of drug-likeness (QED) is 0.336. The molecule has 7 nitrogen and oxygen atoms in total. The van der Waals surface area contributed by atoms with Crippen LogP contribution < -0.4 is 14.6 Å². The second kappa shape index (κ2) is 10.8. The van der Waals surface area contributed by atoms with Gasteiger partial charge in [-0.15, -0.1) is 0 Å². The second-order valence-electron chi connectivity index (χ2n) is 7.94. The monoisotopic (exact) mass is 542 g/mol. The Labute approximate surface area is 209 Å². The first-order valence-electron chi connectivity index (χ1n) is 10.5. The van der Waals surface area contributed by atoms with Crippen LogP contribution in [0.5, 0.6) is 0 Å². The molecule has 0 bridgehead atoms. The van der Waals surface area contributed by atoms with Crippen molar-refractivity contribution >= 4 is 49.4 Å². The highest BCUT2D eigenvalue weighted by atomic mass is 79.9. The molecule has 1 amide bonds. The van der Waals surface area contributed by atoms with Crippen LogP contribution in [0.3, 0.4) is 0 Å². The third-order valence-corrected chi connectivity index (χ3v) is 7.73. The van der Waals surface area contributed by atoms with Gasteiger partial charge < -0.3 is 4.90 Å². The molecule has 0 fully saturated rings. The van der Waals surface area contributed by atoms with Crippen molar-refractivity contribution < 1.29 is 13.2 Å². The standard InChI is InChI=1S/C25H27BrN4O3S/c1-18-9-8-12-23(19(18)2)30(34(32,33)21-10-6-5-7-11-21)17-25(31)28-27-16-20-13-14-24(29(3)4)22(26)15-20/h5-16H,17H2,1-4H3,(H,28,31)/b27-16-. The third-order valence-electron chi connectivity index (χ3n) is 5.32. The fraction of sp³-hybridized carbons (Fsp3) is 0.200. The van der Waals surface area contributed by atoms with Crippen molar-refractivity contribution in [2.24, 2.45) is 5.10 Å². The van der Waals surface area contributed by atoms with E-state index in [2.05, 4.69) is 26.5 Å². The fourth-order valence-corrected chi connectivity index (χ4v) is 5.59. The zero-order valence-electron chi connectivity index (χ0n) is 19.5. The van der Waals surface area contributed by atoms with Gasteiger partial charge in [0.05, 0.1) is 22.5 Å². The maximum absolute atomic E-state index is 13.4. The lowest BCUT2D eigenvalue weighted by Crippen LogP contribution is -2.40. The van der Waals surface area contributed by atoms with Crippen molar-refractivity contribution in [3.63, 3.8) is 0 Å². The van der Waals surface area contributed by atoms with Gasteiger partial charge in [0, 0.05) is 18.6 Å². The van der Waals surface area contributed by atoms with Crippen LogP contribution in [0.4, 0.5) is 11.4 Å². The zero-order chi connectivity index (χ0) is 24.9. The van der Waals surface area contributed by atoms with E-state index >= 15 is 0 Å². The van der Waals surface area contributed by atoms with Gasteiger partial charge in [-0.25, -0.2) is 13.8 Å². The summed E-state index contributed by atoms with van der Waals surface area (Å²) in [6.07, 6.45) is 1.51. The van der Waals surface area contributed by atoms with E-state index in [4.69, 9.17) is 0 Å². The van der Waals surface area contributed by atoms with Gasteiger partial charge in [-0.1, -0.05) is 36.4 Å². The molecule has 34 heavy (non-hydrogen) atoms. The zero-order valence-corrected chi connectivity index (χ0v) is 21.9. The van der Waals surface area contributed by atoms with Gasteiger partial charge in [0.15, 0.2) is 0 Å². The van der Waals surface area contributed by atoms with Gasteiger partial charge in [0.2, 0.25) is 0 Å². The lowest BCUT2D eigenvalue weighted by molar-refractivity contribution is -0.119. The average molecular weight is 543 g/mol. The molecule has 0 unspecified atom stereocenters. The van der Waals surface area contributed by atoms with E-state index in [9.17, 15) is 13.2 Å². The van der Waals surface area contributed by atoms with Crippen LogP contribution in [-0.2, 0) is 14.8 Å². The van der Waals surface area contributed by atoms with E-state index in [1.807, 2.05) is 57.1 Å². The Morgan fingerprint density at radius 2 is 1.71 bits per heavy atom. The highest BCUT2D eigenvalue weighted by molar-refractivity contribution is 9.10. The van der Waals surface area contributed by atoms with Crippen LogP contribution in [-0.4, -0.2) is 41.2 Å². The Hall–Kier alpha value is -3.17. The maximum Gasteiger partial charge on any atom is 0.264 e. The number of aryl methyl sites for hydroxylation is 1. The lowest BCUT2D eigenvalue weighted by atomic mass is 10.1. The van der Waals surface area contributed by atoms with Crippen molar-refractivity contribution in [2.75, 3.05) is 29.8 Å². The van der Waals surface area contributed by atoms with E-state index in [-0.39, 0.29) is 4.90 Å². The Morgan fingerprint density at radius 1 is 1.00 bits per heavy atom. The van der Waals surface area contributed by atoms with E-state index in [1.165, 1.54) is 18.3 Å². The predicted molar refractivity (Wildman–Crippen MR) is 141 cm³/mol. The first-order valence-corrected chi connectivity index (χ1v) is 12.8. The molecule has 1 N–H and O–H groups in total. The molecule has 0 aliphatic rings. The van der Waals surface area contributed by atoms with E-state index in [1.54, 1.807) is 30.3 Å². The molecule has 3 aromatic carbocycles. The predicted octanol–water partition coefficient (Wildman–Crippen LogP) is 4.48. The number of hydrogen-bond donors (Lipinski definition) is 1. The molecule has 0 spiro atoms. The topological polar surface area (TPSA) is 82.1 Å². The number of carbonyl (C=O) groups is 1. The molecule has 9 heteroatoms. The molecule has 3 rings (SSSR count). The molecule has 0 aliphatic heterocycles. The molecular formula is C25H27BrN4O3S. The third kappa shape index (κ3) is 5.84. The van der Waals surface area contributed by atoms with Gasteiger partial charge in [0.25, 0.3) is 15.9 Å². The summed E-state index contributed by atoms with van der Waals surface area (Å²) in [4.78, 5) is 14.8. The Kier molecular flexibility index (Phi) is 8.11. The average Bonchev–Trinajstić information content (AvgIpc) is 2.80. The number of amides is 1. The Bertz CT molecular complexity index is 1310. The molecule has 3 aromatic rings. The van der Waals surface area contributed by atoms with Crippen molar-refractivity contribution in [1.29, 1.82) is 0 Å². The number of hydrazone groups is 1. The first-order chi connectivity index (χ1) is 16.1. The molecule has 0 saturated carbocycles. The molecule has 178 valence electrons. The summed E-state index contributed by atoms with van der Waals surface area (Å²) in [5.74, 6) is -0.555. The van der Waals surface area contributed by atoms with Gasteiger partial charge >= 0.3 is 0 Å². The summed E-state index contributed by atoms with van der Waals surface area (Å²) in [6, 6.07) is 19.1. The highest BCUT2D eigenvalue weighted by Gasteiger charge is 2.28. The number of carbonyl (C=O) groups excluding carboxylic acids is 1. The number of nitrogens with one attached hydrogen (secondary N) is 1. The molecule has 0 heterocycles. The molecular weight excluding hydrogens is 516 g/mol. The van der Waals surface area contributed by atoms with Gasteiger partial charge in [-0.3, -0.25) is 9.10 Å². The van der Waals surface area contributed by atoms with E-state index < -0.39 is 22.5 Å². The summed E-state index contributed by atoms with van der Waals surface area (Å²) in [6.45, 7) is 3.32. The maximum atomic E-state index is 13.4. The molecule has 0 radical (unpaired) electrons. The smallest absolute Gasteiger partial charge is 0.264 e. The van der Waals surface area contributed by atoms with Crippen molar-refractivity contribution in [3.8, 4) is 0 Å². The van der Waals surface area contributed by atoms with Crippen LogP contribution in [0.2, 0.25) is 0 Å². The van der Waals surface area contributed by atoms with Crippen molar-refractivity contribution in [3.05, 3.63) is 87.9 Å². The minimum absolute atomic E-state index is 0.109. The number of halogens is 1. The number of anilines is 2. The normalized spacial score (nSPS) is 11.4. The Morgan fingerprint density at radius 3 is 2.35 bits per heavy atom. The second-order valence-corrected chi connectivity index (χ2v) is 10.7. The minimum atomic E-state index is -3.97. The van der Waals surface area contributed by atoms with Crippen LogP contribution in [0.1, 0.15) is 16.7 Å². The van der Waals surface area contributed by atoms with Crippen molar-refractivity contribution in [1.82, 2.24) is 5.43 Å². The SMILES string of the molecule is Cc1cccc(N(CC(=O)N/N=C\c2ccc(N(C)C)c(Br)c2)S(=O)(=O)c2ccccc2)c1C. The number of rotatable bonds is 8. The minimum Gasteiger partial charge on any atom is -0.377 e.